The number of aromatic nitrogens is 2. The molecule has 2 N–H and O–H groups in total. The lowest BCUT2D eigenvalue weighted by molar-refractivity contribution is -0.153. The number of halogens is 1. The number of hydrogen-bond acceptors (Lipinski definition) is 8. The Morgan fingerprint density at radius 1 is 1.48 bits per heavy atom. The summed E-state index contributed by atoms with van der Waals surface area (Å²) in [6, 6.07) is 0. The molecule has 1 fully saturated rings. The van der Waals surface area contributed by atoms with Crippen LogP contribution in [0.25, 0.3) is 6.08 Å². The van der Waals surface area contributed by atoms with E-state index in [4.69, 9.17) is 19.9 Å². The first-order valence-corrected chi connectivity index (χ1v) is 8.67. The average Bonchev–Trinajstić information content (AvgIpc) is 2.90. The molecule has 0 radical (unpaired) electrons. The highest BCUT2D eigenvalue weighted by Gasteiger charge is 2.40. The fraction of sp³-hybridized carbons (Fsp3) is 0.467. The van der Waals surface area contributed by atoms with Crippen LogP contribution in [0.4, 0.5) is 5.82 Å². The predicted octanol–water partition coefficient (Wildman–Crippen LogP) is 1.01. The molecule has 0 spiro atoms. The highest BCUT2D eigenvalue weighted by atomic mass is 127. The SMILES string of the molecule is CC(=O)OC[C@@H]1C[C@@H](OC(C)=O)[C@H](n2cc(C=CI)c(N)nc2=O)O1. The molecule has 136 valence electrons. The minimum absolute atomic E-state index is 0.00125. The maximum absolute atomic E-state index is 12.2. The van der Waals surface area contributed by atoms with Crippen LogP contribution in [0, 0.1) is 0 Å². The van der Waals surface area contributed by atoms with Crippen molar-refractivity contribution in [1.29, 1.82) is 0 Å². The summed E-state index contributed by atoms with van der Waals surface area (Å²) in [6.45, 7) is 2.55. The minimum Gasteiger partial charge on any atom is -0.463 e. The molecule has 0 bridgehead atoms. The Labute approximate surface area is 157 Å². The first-order valence-electron chi connectivity index (χ1n) is 7.43. The molecule has 0 aliphatic carbocycles. The maximum Gasteiger partial charge on any atom is 0.351 e. The van der Waals surface area contributed by atoms with E-state index in [0.717, 1.165) is 0 Å². The van der Waals surface area contributed by atoms with Gasteiger partial charge in [-0.3, -0.25) is 14.2 Å². The van der Waals surface area contributed by atoms with Gasteiger partial charge in [-0.15, -0.1) is 0 Å². The number of ether oxygens (including phenoxy) is 3. The van der Waals surface area contributed by atoms with Crippen LogP contribution in [0.3, 0.4) is 0 Å². The Kier molecular flexibility index (Phi) is 6.53. The molecule has 2 rings (SSSR count). The van der Waals surface area contributed by atoms with Crippen molar-refractivity contribution in [1.82, 2.24) is 9.55 Å². The van der Waals surface area contributed by atoms with Gasteiger partial charge in [0, 0.05) is 32.0 Å². The van der Waals surface area contributed by atoms with Gasteiger partial charge in [-0.1, -0.05) is 22.6 Å². The van der Waals surface area contributed by atoms with Gasteiger partial charge in [0.25, 0.3) is 0 Å². The summed E-state index contributed by atoms with van der Waals surface area (Å²) < 4.78 is 18.9. The predicted molar refractivity (Wildman–Crippen MR) is 96.7 cm³/mol. The number of nitrogens with two attached hydrogens (primary N) is 1. The summed E-state index contributed by atoms with van der Waals surface area (Å²) in [4.78, 5) is 38.3. The van der Waals surface area contributed by atoms with Crippen LogP contribution in [0.15, 0.2) is 15.1 Å². The summed E-state index contributed by atoms with van der Waals surface area (Å²) in [7, 11) is 0. The molecule has 3 atom stereocenters. The lowest BCUT2D eigenvalue weighted by Gasteiger charge is -2.21. The molecule has 9 nitrogen and oxygen atoms in total. The Bertz CT molecular complexity index is 747. The van der Waals surface area contributed by atoms with Gasteiger partial charge in [0.1, 0.15) is 18.5 Å². The van der Waals surface area contributed by atoms with Crippen LogP contribution in [0.1, 0.15) is 32.1 Å². The molecule has 10 heteroatoms. The summed E-state index contributed by atoms with van der Waals surface area (Å²) >= 11 is 2.02. The third-order valence-electron chi connectivity index (χ3n) is 3.46. The molecule has 0 aromatic carbocycles. The largest absolute Gasteiger partial charge is 0.463 e. The molecular formula is C15H18IN3O6. The van der Waals surface area contributed by atoms with Gasteiger partial charge >= 0.3 is 17.6 Å². The highest BCUT2D eigenvalue weighted by Crippen LogP contribution is 2.31. The van der Waals surface area contributed by atoms with Gasteiger partial charge in [0.15, 0.2) is 6.23 Å². The van der Waals surface area contributed by atoms with Crippen LogP contribution in [-0.4, -0.2) is 40.3 Å². The monoisotopic (exact) mass is 463 g/mol. The number of rotatable bonds is 5. The zero-order valence-corrected chi connectivity index (χ0v) is 15.8. The van der Waals surface area contributed by atoms with Crippen molar-refractivity contribution in [3.63, 3.8) is 0 Å². The molecule has 1 aliphatic heterocycles. The van der Waals surface area contributed by atoms with Crippen molar-refractivity contribution in [3.8, 4) is 0 Å². The number of carbonyl (C=O) groups excluding carboxylic acids is 2. The smallest absolute Gasteiger partial charge is 0.351 e. The number of carbonyl (C=O) groups is 2. The lowest BCUT2D eigenvalue weighted by atomic mass is 10.2. The van der Waals surface area contributed by atoms with E-state index in [1.54, 1.807) is 10.2 Å². The standard InChI is InChI=1S/C15H18IN3O6/c1-8(20)23-7-11-5-12(24-9(2)21)14(25-11)19-6-10(3-4-16)13(17)18-15(19)22/h3-4,6,11-12,14H,5,7H2,1-2H3,(H2,17,18,22)/t11-,12+,14+/m0/s1. The molecule has 0 amide bonds. The molecule has 25 heavy (non-hydrogen) atoms. The summed E-state index contributed by atoms with van der Waals surface area (Å²) in [5.41, 5.74) is 5.64. The van der Waals surface area contributed by atoms with E-state index in [1.807, 2.05) is 22.6 Å². The number of anilines is 1. The zero-order chi connectivity index (χ0) is 18.6. The van der Waals surface area contributed by atoms with Crippen LogP contribution in [0.5, 0.6) is 0 Å². The van der Waals surface area contributed by atoms with E-state index in [-0.39, 0.29) is 18.8 Å². The summed E-state index contributed by atoms with van der Waals surface area (Å²) in [5.74, 6) is -0.861. The zero-order valence-electron chi connectivity index (χ0n) is 13.7. The molecule has 2 heterocycles. The van der Waals surface area contributed by atoms with Crippen molar-refractivity contribution in [2.24, 2.45) is 0 Å². The molecular weight excluding hydrogens is 445 g/mol. The van der Waals surface area contributed by atoms with Crippen LogP contribution < -0.4 is 11.4 Å². The van der Waals surface area contributed by atoms with Crippen LogP contribution in [-0.2, 0) is 23.8 Å². The Balaban J connectivity index is 2.33. The number of nitrogen functional groups attached to an aromatic ring is 1. The molecule has 1 saturated heterocycles. The number of nitrogens with zero attached hydrogens (tertiary/aromatic N) is 2. The molecule has 1 aromatic rings. The summed E-state index contributed by atoms with van der Waals surface area (Å²) in [6.07, 6.45) is 1.36. The van der Waals surface area contributed by atoms with E-state index in [2.05, 4.69) is 4.98 Å². The average molecular weight is 463 g/mol. The second-order valence-electron chi connectivity index (χ2n) is 5.40. The molecule has 0 unspecified atom stereocenters. The van der Waals surface area contributed by atoms with E-state index in [9.17, 15) is 14.4 Å². The number of hydrogen-bond donors (Lipinski definition) is 1. The van der Waals surface area contributed by atoms with Crippen molar-refractivity contribution >= 4 is 46.4 Å². The normalized spacial score (nSPS) is 22.9. The second-order valence-corrected chi connectivity index (χ2v) is 6.12. The van der Waals surface area contributed by atoms with E-state index >= 15 is 0 Å². The van der Waals surface area contributed by atoms with Crippen molar-refractivity contribution in [2.75, 3.05) is 12.3 Å². The van der Waals surface area contributed by atoms with Crippen LogP contribution in [0.2, 0.25) is 0 Å². The van der Waals surface area contributed by atoms with Gasteiger partial charge in [-0.25, -0.2) is 4.79 Å². The van der Waals surface area contributed by atoms with Gasteiger partial charge in [-0.05, 0) is 10.2 Å². The van der Waals surface area contributed by atoms with Gasteiger partial charge in [0.2, 0.25) is 0 Å². The first-order chi connectivity index (χ1) is 11.8. The van der Waals surface area contributed by atoms with E-state index in [0.29, 0.717) is 5.56 Å². The van der Waals surface area contributed by atoms with Crippen molar-refractivity contribution in [3.05, 3.63) is 26.3 Å². The third-order valence-corrected chi connectivity index (χ3v) is 3.82. The fourth-order valence-electron chi connectivity index (χ4n) is 2.47. The van der Waals surface area contributed by atoms with Crippen molar-refractivity contribution < 1.29 is 23.8 Å². The van der Waals surface area contributed by atoms with E-state index in [1.165, 1.54) is 24.6 Å². The minimum atomic E-state index is -0.883. The first kappa shape index (κ1) is 19.4. The molecule has 1 aromatic heterocycles. The third kappa shape index (κ3) is 5.01. The second kappa shape index (κ2) is 8.43. The van der Waals surface area contributed by atoms with Crippen LogP contribution >= 0.6 is 22.6 Å². The Morgan fingerprint density at radius 2 is 2.20 bits per heavy atom. The highest BCUT2D eigenvalue weighted by molar-refractivity contribution is 14.1. The van der Waals surface area contributed by atoms with Crippen molar-refractivity contribution in [2.45, 2.75) is 38.7 Å². The van der Waals surface area contributed by atoms with Gasteiger partial charge < -0.3 is 19.9 Å². The fourth-order valence-corrected chi connectivity index (χ4v) is 2.86. The maximum atomic E-state index is 12.2. The Hall–Kier alpha value is -1.95. The summed E-state index contributed by atoms with van der Waals surface area (Å²) in [5, 5.41) is 0. The Morgan fingerprint density at radius 3 is 2.80 bits per heavy atom. The van der Waals surface area contributed by atoms with Gasteiger partial charge in [-0.2, -0.15) is 4.98 Å². The molecule has 1 aliphatic rings. The molecule has 0 saturated carbocycles. The number of esters is 2. The quantitative estimate of drug-likeness (QED) is 0.507. The van der Waals surface area contributed by atoms with Gasteiger partial charge in [0.05, 0.1) is 6.10 Å². The van der Waals surface area contributed by atoms with E-state index < -0.39 is 36.1 Å². The topological polar surface area (TPSA) is 123 Å². The lowest BCUT2D eigenvalue weighted by Crippen LogP contribution is -2.34.